The molecule has 0 amide bonds. The third kappa shape index (κ3) is 2.35. The van der Waals surface area contributed by atoms with Gasteiger partial charge in [-0.05, 0) is 18.3 Å². The zero-order chi connectivity index (χ0) is 11.7. The van der Waals surface area contributed by atoms with E-state index in [0.29, 0.717) is 17.7 Å². The summed E-state index contributed by atoms with van der Waals surface area (Å²) in [6, 6.07) is 1.79. The highest BCUT2D eigenvalue weighted by Gasteiger charge is 2.23. The number of aromatic nitrogens is 2. The number of nitrogens with two attached hydrogens (primary N) is 2. The van der Waals surface area contributed by atoms with Gasteiger partial charge in [-0.25, -0.2) is 0 Å². The summed E-state index contributed by atoms with van der Waals surface area (Å²) in [6.07, 6.45) is 1.27. The Morgan fingerprint density at radius 2 is 1.81 bits per heavy atom. The van der Waals surface area contributed by atoms with Crippen LogP contribution in [0.3, 0.4) is 0 Å². The number of nitrogens with zero attached hydrogens (tertiary/aromatic N) is 3. The van der Waals surface area contributed by atoms with Crippen LogP contribution in [-0.4, -0.2) is 23.1 Å². The van der Waals surface area contributed by atoms with Crippen molar-refractivity contribution < 1.29 is 0 Å². The third-order valence-electron chi connectivity index (χ3n) is 2.94. The predicted molar refractivity (Wildman–Crippen MR) is 66.0 cm³/mol. The van der Waals surface area contributed by atoms with Crippen LogP contribution in [0.1, 0.15) is 20.3 Å². The molecule has 1 fully saturated rings. The van der Waals surface area contributed by atoms with Crippen LogP contribution in [0.15, 0.2) is 6.07 Å². The molecular weight excluding hydrogens is 202 g/mol. The van der Waals surface area contributed by atoms with Crippen LogP contribution < -0.4 is 16.4 Å². The third-order valence-corrected chi connectivity index (χ3v) is 2.94. The van der Waals surface area contributed by atoms with Crippen molar-refractivity contribution >= 4 is 17.6 Å². The molecule has 4 N–H and O–H groups in total. The highest BCUT2D eigenvalue weighted by atomic mass is 15.2. The molecule has 1 aliphatic heterocycles. The minimum atomic E-state index is 0.251. The number of piperidine rings is 1. The Morgan fingerprint density at radius 3 is 2.38 bits per heavy atom. The van der Waals surface area contributed by atoms with Crippen LogP contribution >= 0.6 is 0 Å². The van der Waals surface area contributed by atoms with Crippen molar-refractivity contribution in [2.45, 2.75) is 20.3 Å². The molecule has 2 unspecified atom stereocenters. The lowest BCUT2D eigenvalue weighted by atomic mass is 9.92. The smallest absolute Gasteiger partial charge is 0.223 e. The first-order valence-corrected chi connectivity index (χ1v) is 5.69. The van der Waals surface area contributed by atoms with Gasteiger partial charge in [0.2, 0.25) is 5.95 Å². The highest BCUT2D eigenvalue weighted by molar-refractivity contribution is 5.50. The minimum absolute atomic E-state index is 0.251. The fourth-order valence-electron chi connectivity index (χ4n) is 2.48. The van der Waals surface area contributed by atoms with Gasteiger partial charge in [0.25, 0.3) is 0 Å². The topological polar surface area (TPSA) is 81.1 Å². The molecular formula is C11H19N5. The maximum Gasteiger partial charge on any atom is 0.223 e. The van der Waals surface area contributed by atoms with Gasteiger partial charge in [-0.15, -0.1) is 0 Å². The number of nitrogen functional groups attached to an aromatic ring is 2. The van der Waals surface area contributed by atoms with E-state index in [1.165, 1.54) is 6.42 Å². The van der Waals surface area contributed by atoms with E-state index >= 15 is 0 Å². The summed E-state index contributed by atoms with van der Waals surface area (Å²) in [7, 11) is 0. The number of rotatable bonds is 1. The Balaban J connectivity index is 2.22. The SMILES string of the molecule is CC1CC(C)CN(c2cc(N)nc(N)n2)C1. The fourth-order valence-corrected chi connectivity index (χ4v) is 2.48. The molecule has 5 heteroatoms. The van der Waals surface area contributed by atoms with E-state index in [-0.39, 0.29) is 5.95 Å². The monoisotopic (exact) mass is 221 g/mol. The van der Waals surface area contributed by atoms with Crippen molar-refractivity contribution in [1.29, 1.82) is 0 Å². The maximum atomic E-state index is 5.68. The maximum absolute atomic E-state index is 5.68. The zero-order valence-corrected chi connectivity index (χ0v) is 9.85. The van der Waals surface area contributed by atoms with Gasteiger partial charge in [0.05, 0.1) is 0 Å². The van der Waals surface area contributed by atoms with Gasteiger partial charge in [0, 0.05) is 19.2 Å². The molecule has 2 atom stereocenters. The molecule has 5 nitrogen and oxygen atoms in total. The summed E-state index contributed by atoms with van der Waals surface area (Å²) in [5.41, 5.74) is 11.3. The molecule has 1 aliphatic rings. The van der Waals surface area contributed by atoms with Crippen molar-refractivity contribution in [2.24, 2.45) is 11.8 Å². The first kappa shape index (κ1) is 11.0. The van der Waals surface area contributed by atoms with Crippen molar-refractivity contribution in [3.05, 3.63) is 6.07 Å². The van der Waals surface area contributed by atoms with Crippen molar-refractivity contribution in [3.63, 3.8) is 0 Å². The molecule has 1 aromatic rings. The Bertz CT molecular complexity index is 348. The van der Waals surface area contributed by atoms with Crippen LogP contribution in [0, 0.1) is 11.8 Å². The van der Waals surface area contributed by atoms with E-state index < -0.39 is 0 Å². The van der Waals surface area contributed by atoms with Gasteiger partial charge >= 0.3 is 0 Å². The number of hydrogen-bond acceptors (Lipinski definition) is 5. The van der Waals surface area contributed by atoms with Gasteiger partial charge < -0.3 is 16.4 Å². The molecule has 16 heavy (non-hydrogen) atoms. The summed E-state index contributed by atoms with van der Waals surface area (Å²) in [5, 5.41) is 0. The Labute approximate surface area is 95.9 Å². The van der Waals surface area contributed by atoms with E-state index in [2.05, 4.69) is 28.7 Å². The second kappa shape index (κ2) is 4.15. The zero-order valence-electron chi connectivity index (χ0n) is 9.85. The molecule has 0 aromatic carbocycles. The Morgan fingerprint density at radius 1 is 1.19 bits per heavy atom. The van der Waals surface area contributed by atoms with Gasteiger partial charge in [-0.3, -0.25) is 0 Å². The molecule has 0 radical (unpaired) electrons. The van der Waals surface area contributed by atoms with E-state index in [1.54, 1.807) is 6.07 Å². The largest absolute Gasteiger partial charge is 0.383 e. The lowest BCUT2D eigenvalue weighted by Gasteiger charge is -2.35. The summed E-state index contributed by atoms with van der Waals surface area (Å²) in [4.78, 5) is 10.4. The van der Waals surface area contributed by atoms with E-state index in [1.807, 2.05) is 0 Å². The van der Waals surface area contributed by atoms with E-state index in [9.17, 15) is 0 Å². The molecule has 2 rings (SSSR count). The predicted octanol–water partition coefficient (Wildman–Crippen LogP) is 1.12. The van der Waals surface area contributed by atoms with E-state index in [4.69, 9.17) is 11.5 Å². The van der Waals surface area contributed by atoms with Crippen LogP contribution in [-0.2, 0) is 0 Å². The normalized spacial score (nSPS) is 25.8. The first-order valence-electron chi connectivity index (χ1n) is 5.69. The fraction of sp³-hybridized carbons (Fsp3) is 0.636. The Kier molecular flexibility index (Phi) is 2.85. The molecule has 0 bridgehead atoms. The molecule has 1 aromatic heterocycles. The second-order valence-electron chi connectivity index (χ2n) is 4.86. The van der Waals surface area contributed by atoms with Gasteiger partial charge in [-0.1, -0.05) is 13.8 Å². The lowest BCUT2D eigenvalue weighted by Crippen LogP contribution is -2.39. The molecule has 88 valence electrons. The van der Waals surface area contributed by atoms with Gasteiger partial charge in [-0.2, -0.15) is 9.97 Å². The quantitative estimate of drug-likeness (QED) is 0.742. The van der Waals surface area contributed by atoms with Crippen LogP contribution in [0.4, 0.5) is 17.6 Å². The van der Waals surface area contributed by atoms with Gasteiger partial charge in [0.1, 0.15) is 11.6 Å². The average Bonchev–Trinajstić information content (AvgIpc) is 2.14. The summed E-state index contributed by atoms with van der Waals surface area (Å²) in [6.45, 7) is 6.55. The van der Waals surface area contributed by atoms with Crippen molar-refractivity contribution in [3.8, 4) is 0 Å². The standard InChI is InChI=1S/C11H19N5/c1-7-3-8(2)6-16(5-7)10-4-9(12)14-11(13)15-10/h4,7-8H,3,5-6H2,1-2H3,(H4,12,13,14,15). The molecule has 0 aliphatic carbocycles. The molecule has 0 spiro atoms. The number of hydrogen-bond donors (Lipinski definition) is 2. The summed E-state index contributed by atoms with van der Waals surface area (Å²) >= 11 is 0. The Hall–Kier alpha value is -1.52. The summed E-state index contributed by atoms with van der Waals surface area (Å²) in [5.74, 6) is 2.90. The molecule has 2 heterocycles. The first-order chi connectivity index (χ1) is 7.54. The lowest BCUT2D eigenvalue weighted by molar-refractivity contribution is 0.355. The average molecular weight is 221 g/mol. The second-order valence-corrected chi connectivity index (χ2v) is 4.86. The van der Waals surface area contributed by atoms with Crippen LogP contribution in [0.2, 0.25) is 0 Å². The van der Waals surface area contributed by atoms with Crippen molar-refractivity contribution in [2.75, 3.05) is 29.5 Å². The molecule has 1 saturated heterocycles. The highest BCUT2D eigenvalue weighted by Crippen LogP contribution is 2.25. The minimum Gasteiger partial charge on any atom is -0.383 e. The van der Waals surface area contributed by atoms with Crippen LogP contribution in [0.25, 0.3) is 0 Å². The molecule has 0 saturated carbocycles. The summed E-state index contributed by atoms with van der Waals surface area (Å²) < 4.78 is 0. The van der Waals surface area contributed by atoms with Gasteiger partial charge in [0.15, 0.2) is 0 Å². The number of anilines is 3. The van der Waals surface area contributed by atoms with E-state index in [0.717, 1.165) is 18.9 Å². The van der Waals surface area contributed by atoms with Crippen molar-refractivity contribution in [1.82, 2.24) is 9.97 Å². The van der Waals surface area contributed by atoms with Crippen LogP contribution in [0.5, 0.6) is 0 Å².